The van der Waals surface area contributed by atoms with Crippen LogP contribution in [0, 0.1) is 41.5 Å². The number of hydrogen-bond donors (Lipinski definition) is 1. The van der Waals surface area contributed by atoms with Gasteiger partial charge in [-0.15, -0.1) is 0 Å². The maximum atomic E-state index is 7.14. The number of benzene rings is 3. The fraction of sp³-hybridized carbons (Fsp3) is 0.303. The highest BCUT2D eigenvalue weighted by Crippen LogP contribution is 2.40. The second kappa shape index (κ2) is 9.34. The first kappa shape index (κ1) is 24.7. The van der Waals surface area contributed by atoms with Crippen LogP contribution < -0.4 is 5.73 Å². The molecule has 0 amide bonds. The Kier molecular flexibility index (Phi) is 6.60. The van der Waals surface area contributed by atoms with Crippen molar-refractivity contribution in [1.82, 2.24) is 0 Å². The molecule has 0 bridgehead atoms. The molecule has 35 heavy (non-hydrogen) atoms. The van der Waals surface area contributed by atoms with Crippen LogP contribution >= 0.6 is 0 Å². The minimum atomic E-state index is -0.174. The van der Waals surface area contributed by atoms with Gasteiger partial charge >= 0.3 is 0 Å². The molecule has 1 aliphatic rings. The number of fused-ring (bicyclic) bond motifs is 1. The van der Waals surface area contributed by atoms with E-state index < -0.39 is 0 Å². The van der Waals surface area contributed by atoms with E-state index in [-0.39, 0.29) is 5.41 Å². The fourth-order valence-corrected chi connectivity index (χ4v) is 5.61. The molecular formula is C33H38N2. The molecule has 4 rings (SSSR count). The fourth-order valence-electron chi connectivity index (χ4n) is 5.61. The van der Waals surface area contributed by atoms with Gasteiger partial charge in [0.25, 0.3) is 0 Å². The van der Waals surface area contributed by atoms with E-state index in [0.29, 0.717) is 0 Å². The molecule has 0 aliphatic carbocycles. The predicted octanol–water partition coefficient (Wildman–Crippen LogP) is 8.05. The normalized spacial score (nSPS) is 22.5. The Labute approximate surface area is 211 Å². The average molecular weight is 463 g/mol. The quantitative estimate of drug-likeness (QED) is 0.420. The highest BCUT2D eigenvalue weighted by atomic mass is 14.8. The SMILES string of the molecule is CC[C@]1(C)/C=C/C(c2c(C)cccc2C)=N\C(c2cc(C)cc(C)c2)=C(/N)c2cc(C)cc(C)c21. The van der Waals surface area contributed by atoms with Crippen LogP contribution in [-0.4, -0.2) is 5.71 Å². The molecule has 0 spiro atoms. The number of allylic oxidation sites excluding steroid dienone is 2. The molecule has 0 saturated carbocycles. The standard InChI is InChI=1S/C33H38N2/c1-9-33(8)14-13-28(29-23(5)11-10-12-24(29)6)35-32(26-17-20(2)15-21(3)18-26)31(34)27-19-22(4)16-25(7)30(27)33/h10-19H,9,34H2,1-8H3/b14-13+,32-31-,35-28+/t33-/m1/s1. The van der Waals surface area contributed by atoms with Gasteiger partial charge in [0.2, 0.25) is 0 Å². The van der Waals surface area contributed by atoms with Crippen molar-refractivity contribution in [1.29, 1.82) is 0 Å². The summed E-state index contributed by atoms with van der Waals surface area (Å²) in [6.07, 6.45) is 5.53. The minimum absolute atomic E-state index is 0.174. The van der Waals surface area contributed by atoms with Gasteiger partial charge in [-0.05, 0) is 94.5 Å². The van der Waals surface area contributed by atoms with Crippen molar-refractivity contribution in [3.8, 4) is 0 Å². The van der Waals surface area contributed by atoms with E-state index in [1.165, 1.54) is 44.5 Å². The summed E-state index contributed by atoms with van der Waals surface area (Å²) in [4.78, 5) is 5.36. The summed E-state index contributed by atoms with van der Waals surface area (Å²) >= 11 is 0. The zero-order valence-corrected chi connectivity index (χ0v) is 22.5. The van der Waals surface area contributed by atoms with E-state index in [2.05, 4.69) is 116 Å². The lowest BCUT2D eigenvalue weighted by atomic mass is 9.74. The van der Waals surface area contributed by atoms with Gasteiger partial charge in [0.1, 0.15) is 0 Å². The van der Waals surface area contributed by atoms with E-state index in [9.17, 15) is 0 Å². The highest BCUT2D eigenvalue weighted by Gasteiger charge is 2.30. The number of nitrogens with two attached hydrogens (primary N) is 1. The smallest absolute Gasteiger partial charge is 0.0945 e. The Hall–Kier alpha value is -3.39. The first-order valence-corrected chi connectivity index (χ1v) is 12.6. The van der Waals surface area contributed by atoms with E-state index in [1.807, 2.05) is 0 Å². The van der Waals surface area contributed by atoms with Crippen molar-refractivity contribution in [2.75, 3.05) is 0 Å². The number of rotatable bonds is 3. The first-order chi connectivity index (χ1) is 16.5. The summed E-state index contributed by atoms with van der Waals surface area (Å²) in [5, 5.41) is 0. The number of aliphatic imine (C=N–C) groups is 1. The topological polar surface area (TPSA) is 38.4 Å². The molecule has 1 aliphatic heterocycles. The van der Waals surface area contributed by atoms with Gasteiger partial charge in [-0.2, -0.15) is 0 Å². The average Bonchev–Trinajstić information content (AvgIpc) is 2.82. The summed E-state index contributed by atoms with van der Waals surface area (Å²) in [7, 11) is 0. The summed E-state index contributed by atoms with van der Waals surface area (Å²) in [5.41, 5.74) is 21.4. The third-order valence-electron chi connectivity index (χ3n) is 7.40. The molecule has 0 aromatic heterocycles. The summed E-state index contributed by atoms with van der Waals surface area (Å²) < 4.78 is 0. The van der Waals surface area contributed by atoms with Crippen LogP contribution in [0.15, 0.2) is 65.7 Å². The second-order valence-corrected chi connectivity index (χ2v) is 10.5. The Morgan fingerprint density at radius 1 is 0.800 bits per heavy atom. The summed E-state index contributed by atoms with van der Waals surface area (Å²) in [6.45, 7) is 17.5. The third-order valence-corrected chi connectivity index (χ3v) is 7.40. The molecule has 0 radical (unpaired) electrons. The molecular weight excluding hydrogens is 424 g/mol. The minimum Gasteiger partial charge on any atom is -0.396 e. The van der Waals surface area contributed by atoms with E-state index in [0.717, 1.165) is 34.7 Å². The van der Waals surface area contributed by atoms with Gasteiger partial charge in [0.15, 0.2) is 0 Å². The van der Waals surface area contributed by atoms with E-state index >= 15 is 0 Å². The van der Waals surface area contributed by atoms with Crippen molar-refractivity contribution in [2.24, 2.45) is 10.7 Å². The van der Waals surface area contributed by atoms with Gasteiger partial charge in [-0.25, -0.2) is 4.99 Å². The van der Waals surface area contributed by atoms with Gasteiger partial charge in [-0.1, -0.05) is 66.9 Å². The molecule has 1 heterocycles. The van der Waals surface area contributed by atoms with Gasteiger partial charge in [-0.3, -0.25) is 0 Å². The number of aryl methyl sites for hydroxylation is 6. The number of nitrogens with zero attached hydrogens (tertiary/aromatic N) is 1. The predicted molar refractivity (Wildman–Crippen MR) is 152 cm³/mol. The zero-order chi connectivity index (χ0) is 25.5. The number of hydrogen-bond acceptors (Lipinski definition) is 2. The lowest BCUT2D eigenvalue weighted by Gasteiger charge is -2.30. The maximum absolute atomic E-state index is 7.14. The Bertz CT molecular complexity index is 1360. The van der Waals surface area contributed by atoms with Crippen LogP contribution in [0.4, 0.5) is 0 Å². The largest absolute Gasteiger partial charge is 0.396 e. The molecule has 1 atom stereocenters. The highest BCUT2D eigenvalue weighted by molar-refractivity contribution is 6.14. The molecule has 0 unspecified atom stereocenters. The van der Waals surface area contributed by atoms with Crippen LogP contribution in [0.2, 0.25) is 0 Å². The zero-order valence-electron chi connectivity index (χ0n) is 22.5. The second-order valence-electron chi connectivity index (χ2n) is 10.5. The van der Waals surface area contributed by atoms with E-state index in [1.54, 1.807) is 0 Å². The maximum Gasteiger partial charge on any atom is 0.0945 e. The first-order valence-electron chi connectivity index (χ1n) is 12.6. The third kappa shape index (κ3) is 4.62. The molecule has 2 heteroatoms. The van der Waals surface area contributed by atoms with Crippen molar-refractivity contribution >= 4 is 17.1 Å². The Balaban J connectivity index is 2.18. The molecule has 2 N–H and O–H groups in total. The lowest BCUT2D eigenvalue weighted by molar-refractivity contribution is 0.567. The Morgan fingerprint density at radius 3 is 2.00 bits per heavy atom. The molecule has 2 nitrogen and oxygen atoms in total. The Morgan fingerprint density at radius 2 is 1.40 bits per heavy atom. The van der Waals surface area contributed by atoms with Crippen molar-refractivity contribution in [3.63, 3.8) is 0 Å². The van der Waals surface area contributed by atoms with Crippen LogP contribution in [-0.2, 0) is 5.41 Å². The van der Waals surface area contributed by atoms with Crippen molar-refractivity contribution in [3.05, 3.63) is 116 Å². The molecule has 0 saturated heterocycles. The molecule has 3 aromatic carbocycles. The lowest BCUT2D eigenvalue weighted by Crippen LogP contribution is -2.23. The van der Waals surface area contributed by atoms with Crippen molar-refractivity contribution in [2.45, 2.75) is 67.2 Å². The summed E-state index contributed by atoms with van der Waals surface area (Å²) in [5.74, 6) is 0. The monoisotopic (exact) mass is 462 g/mol. The van der Waals surface area contributed by atoms with Gasteiger partial charge in [0, 0.05) is 22.1 Å². The van der Waals surface area contributed by atoms with E-state index in [4.69, 9.17) is 10.7 Å². The van der Waals surface area contributed by atoms with Crippen LogP contribution in [0.3, 0.4) is 0 Å². The van der Waals surface area contributed by atoms with Gasteiger partial charge < -0.3 is 5.73 Å². The van der Waals surface area contributed by atoms with Crippen LogP contribution in [0.1, 0.15) is 75.9 Å². The summed E-state index contributed by atoms with van der Waals surface area (Å²) in [6, 6.07) is 17.5. The van der Waals surface area contributed by atoms with Crippen LogP contribution in [0.25, 0.3) is 11.4 Å². The van der Waals surface area contributed by atoms with Crippen molar-refractivity contribution < 1.29 is 0 Å². The van der Waals surface area contributed by atoms with Gasteiger partial charge in [0.05, 0.1) is 17.1 Å². The molecule has 3 aromatic rings. The van der Waals surface area contributed by atoms with Crippen LogP contribution in [0.5, 0.6) is 0 Å². The molecule has 180 valence electrons. The molecule has 0 fully saturated rings.